The SMILES string of the molecule is COC(=O)C(CN)c1c[nH]c2cccc(OCc3ccccc3)c12.Cl. The van der Waals surface area contributed by atoms with E-state index in [0.717, 1.165) is 27.8 Å². The number of halogens is 1. The summed E-state index contributed by atoms with van der Waals surface area (Å²) in [6.45, 7) is 0.628. The molecule has 0 radical (unpaired) electrons. The summed E-state index contributed by atoms with van der Waals surface area (Å²) < 4.78 is 10.9. The van der Waals surface area contributed by atoms with Crippen LogP contribution in [0.1, 0.15) is 17.0 Å². The molecule has 1 aromatic heterocycles. The monoisotopic (exact) mass is 360 g/mol. The Bertz CT molecular complexity index is 833. The smallest absolute Gasteiger partial charge is 0.314 e. The summed E-state index contributed by atoms with van der Waals surface area (Å²) in [5.41, 5.74) is 8.56. The zero-order valence-corrected chi connectivity index (χ0v) is 14.7. The van der Waals surface area contributed by atoms with E-state index >= 15 is 0 Å². The topological polar surface area (TPSA) is 77.3 Å². The first-order valence-electron chi connectivity index (χ1n) is 7.79. The van der Waals surface area contributed by atoms with E-state index in [1.807, 2.05) is 48.5 Å². The third kappa shape index (κ3) is 3.95. The number of rotatable bonds is 6. The molecule has 0 aliphatic rings. The normalized spacial score (nSPS) is 11.6. The fourth-order valence-corrected chi connectivity index (χ4v) is 2.80. The van der Waals surface area contributed by atoms with Crippen LogP contribution >= 0.6 is 12.4 Å². The van der Waals surface area contributed by atoms with E-state index in [2.05, 4.69) is 4.98 Å². The number of carbonyl (C=O) groups excluding carboxylic acids is 1. The Morgan fingerprint density at radius 3 is 2.60 bits per heavy atom. The zero-order valence-electron chi connectivity index (χ0n) is 13.9. The molecular weight excluding hydrogens is 340 g/mol. The van der Waals surface area contributed by atoms with E-state index < -0.39 is 5.92 Å². The van der Waals surface area contributed by atoms with Crippen LogP contribution in [0.25, 0.3) is 10.9 Å². The summed E-state index contributed by atoms with van der Waals surface area (Å²) in [5.74, 6) is -0.156. The van der Waals surface area contributed by atoms with E-state index in [-0.39, 0.29) is 24.9 Å². The predicted molar refractivity (Wildman–Crippen MR) is 100 cm³/mol. The first-order valence-corrected chi connectivity index (χ1v) is 7.79. The van der Waals surface area contributed by atoms with E-state index in [1.54, 1.807) is 6.20 Å². The first kappa shape index (κ1) is 18.8. The Kier molecular flexibility index (Phi) is 6.44. The van der Waals surface area contributed by atoms with Crippen LogP contribution in [0.3, 0.4) is 0 Å². The summed E-state index contributed by atoms with van der Waals surface area (Å²) in [5, 5.41) is 0.870. The number of benzene rings is 2. The van der Waals surface area contributed by atoms with Gasteiger partial charge in [-0.3, -0.25) is 4.79 Å². The van der Waals surface area contributed by atoms with Crippen LogP contribution in [0.4, 0.5) is 0 Å². The second-order valence-electron chi connectivity index (χ2n) is 5.51. The van der Waals surface area contributed by atoms with E-state index in [0.29, 0.717) is 6.61 Å². The van der Waals surface area contributed by atoms with Crippen molar-refractivity contribution < 1.29 is 14.3 Å². The molecular formula is C19H21ClN2O3. The van der Waals surface area contributed by atoms with Crippen molar-refractivity contribution in [2.24, 2.45) is 5.73 Å². The van der Waals surface area contributed by atoms with E-state index in [4.69, 9.17) is 15.2 Å². The van der Waals surface area contributed by atoms with Crippen molar-refractivity contribution in [2.75, 3.05) is 13.7 Å². The van der Waals surface area contributed by atoms with Gasteiger partial charge in [0.2, 0.25) is 0 Å². The van der Waals surface area contributed by atoms with E-state index in [9.17, 15) is 4.79 Å². The Morgan fingerprint density at radius 2 is 1.92 bits per heavy atom. The fourth-order valence-electron chi connectivity index (χ4n) is 2.80. The third-order valence-electron chi connectivity index (χ3n) is 4.03. The standard InChI is InChI=1S/C19H20N2O3.ClH/c1-23-19(22)14(10-20)15-11-21-16-8-5-9-17(18(15)16)24-12-13-6-3-2-4-7-13;/h2-9,11,14,21H,10,12,20H2,1H3;1H. The van der Waals surface area contributed by atoms with Gasteiger partial charge < -0.3 is 20.2 Å². The quantitative estimate of drug-likeness (QED) is 0.660. The van der Waals surface area contributed by atoms with Gasteiger partial charge >= 0.3 is 5.97 Å². The molecule has 0 amide bonds. The second-order valence-corrected chi connectivity index (χ2v) is 5.51. The lowest BCUT2D eigenvalue weighted by atomic mass is 9.98. The van der Waals surface area contributed by atoms with Crippen molar-refractivity contribution in [3.8, 4) is 5.75 Å². The number of nitrogens with two attached hydrogens (primary N) is 1. The minimum atomic E-state index is -0.523. The van der Waals surface area contributed by atoms with Crippen molar-refractivity contribution in [3.63, 3.8) is 0 Å². The van der Waals surface area contributed by atoms with Gasteiger partial charge in [0.25, 0.3) is 0 Å². The molecule has 0 aliphatic carbocycles. The summed E-state index contributed by atoms with van der Waals surface area (Å²) in [4.78, 5) is 15.2. The van der Waals surface area contributed by atoms with E-state index in [1.165, 1.54) is 7.11 Å². The molecule has 3 rings (SSSR count). The van der Waals surface area contributed by atoms with Gasteiger partial charge in [-0.05, 0) is 23.3 Å². The van der Waals surface area contributed by atoms with Gasteiger partial charge in [0.05, 0.1) is 13.0 Å². The van der Waals surface area contributed by atoms with Crippen molar-refractivity contribution in [1.82, 2.24) is 4.98 Å². The number of methoxy groups -OCH3 is 1. The van der Waals surface area contributed by atoms with Gasteiger partial charge in [-0.25, -0.2) is 0 Å². The van der Waals surface area contributed by atoms with Crippen molar-refractivity contribution >= 4 is 29.3 Å². The number of hydrogen-bond donors (Lipinski definition) is 2. The van der Waals surface area contributed by atoms with Crippen LogP contribution in [0.5, 0.6) is 5.75 Å². The highest BCUT2D eigenvalue weighted by molar-refractivity contribution is 5.94. The molecule has 1 atom stereocenters. The fraction of sp³-hybridized carbons (Fsp3) is 0.211. The summed E-state index contributed by atoms with van der Waals surface area (Å²) in [7, 11) is 1.37. The van der Waals surface area contributed by atoms with Crippen molar-refractivity contribution in [2.45, 2.75) is 12.5 Å². The average Bonchev–Trinajstić information content (AvgIpc) is 3.06. The van der Waals surface area contributed by atoms with Crippen LogP contribution in [0.15, 0.2) is 54.7 Å². The van der Waals surface area contributed by atoms with Gasteiger partial charge in [0.1, 0.15) is 12.4 Å². The molecule has 3 aromatic rings. The number of ether oxygens (including phenoxy) is 2. The summed E-state index contributed by atoms with van der Waals surface area (Å²) >= 11 is 0. The van der Waals surface area contributed by atoms with Crippen molar-refractivity contribution in [1.29, 1.82) is 0 Å². The van der Waals surface area contributed by atoms with Crippen LogP contribution in [0, 0.1) is 0 Å². The number of H-pyrrole nitrogens is 1. The minimum Gasteiger partial charge on any atom is -0.488 e. The number of aromatic amines is 1. The molecule has 2 aromatic carbocycles. The molecule has 1 heterocycles. The Morgan fingerprint density at radius 1 is 1.16 bits per heavy atom. The lowest BCUT2D eigenvalue weighted by molar-refractivity contribution is -0.142. The van der Waals surface area contributed by atoms with Gasteiger partial charge in [0, 0.05) is 23.6 Å². The molecule has 25 heavy (non-hydrogen) atoms. The lowest BCUT2D eigenvalue weighted by Gasteiger charge is -2.14. The zero-order chi connectivity index (χ0) is 16.9. The maximum atomic E-state index is 12.0. The molecule has 6 heteroatoms. The second kappa shape index (κ2) is 8.55. The number of fused-ring (bicyclic) bond motifs is 1. The predicted octanol–water partition coefficient (Wildman–Crippen LogP) is 3.38. The van der Waals surface area contributed by atoms with Crippen molar-refractivity contribution in [3.05, 3.63) is 65.9 Å². The number of aromatic nitrogens is 1. The van der Waals surface area contributed by atoms with Crippen LogP contribution < -0.4 is 10.5 Å². The Hall–Kier alpha value is -2.50. The van der Waals surface area contributed by atoms with Crippen LogP contribution in [-0.2, 0) is 16.1 Å². The van der Waals surface area contributed by atoms with Crippen LogP contribution in [-0.4, -0.2) is 24.6 Å². The molecule has 0 saturated carbocycles. The number of esters is 1. The third-order valence-corrected chi connectivity index (χ3v) is 4.03. The molecule has 132 valence electrons. The first-order chi connectivity index (χ1) is 11.7. The molecule has 0 bridgehead atoms. The molecule has 3 N–H and O–H groups in total. The van der Waals surface area contributed by atoms with Gasteiger partial charge in [-0.2, -0.15) is 0 Å². The molecule has 0 saturated heterocycles. The summed E-state index contributed by atoms with van der Waals surface area (Å²) in [6, 6.07) is 15.7. The van der Waals surface area contributed by atoms with Gasteiger partial charge in [-0.15, -0.1) is 12.4 Å². The van der Waals surface area contributed by atoms with Gasteiger partial charge in [0.15, 0.2) is 0 Å². The lowest BCUT2D eigenvalue weighted by Crippen LogP contribution is -2.22. The maximum absolute atomic E-state index is 12.0. The average molecular weight is 361 g/mol. The molecule has 0 spiro atoms. The van der Waals surface area contributed by atoms with Crippen LogP contribution in [0.2, 0.25) is 0 Å². The molecule has 0 fully saturated rings. The minimum absolute atomic E-state index is 0. The highest BCUT2D eigenvalue weighted by Crippen LogP contribution is 2.33. The Labute approximate surface area is 152 Å². The molecule has 1 unspecified atom stereocenters. The highest BCUT2D eigenvalue weighted by atomic mass is 35.5. The number of hydrogen-bond acceptors (Lipinski definition) is 4. The number of nitrogens with one attached hydrogen (secondary N) is 1. The maximum Gasteiger partial charge on any atom is 0.314 e. The highest BCUT2D eigenvalue weighted by Gasteiger charge is 2.24. The van der Waals surface area contributed by atoms with Gasteiger partial charge in [-0.1, -0.05) is 36.4 Å². The summed E-state index contributed by atoms with van der Waals surface area (Å²) in [6.07, 6.45) is 1.80. The largest absolute Gasteiger partial charge is 0.488 e. The number of carbonyl (C=O) groups is 1. The molecule has 0 aliphatic heterocycles. The molecule has 5 nitrogen and oxygen atoms in total. The Balaban J connectivity index is 0.00000225.